The SMILES string of the molecule is COC(=O)N[C@@H]1C[C@H](NC(=O)OC)CN(CCc2cccc(OC)c2)C1.[HH].[HH]. The van der Waals surface area contributed by atoms with E-state index in [1.54, 1.807) is 7.11 Å². The Bertz CT molecular complexity index is 595. The van der Waals surface area contributed by atoms with E-state index in [0.717, 1.165) is 18.7 Å². The number of benzene rings is 1. The molecule has 8 heteroatoms. The van der Waals surface area contributed by atoms with Gasteiger partial charge in [0.15, 0.2) is 0 Å². The zero-order valence-electron chi connectivity index (χ0n) is 15.5. The molecule has 1 aliphatic heterocycles. The van der Waals surface area contributed by atoms with Crippen molar-refractivity contribution < 1.29 is 26.7 Å². The van der Waals surface area contributed by atoms with Crippen LogP contribution in [0.5, 0.6) is 5.75 Å². The zero-order valence-corrected chi connectivity index (χ0v) is 15.5. The Balaban J connectivity index is 0.00000364. The molecule has 1 heterocycles. The van der Waals surface area contributed by atoms with E-state index in [9.17, 15) is 9.59 Å². The first-order chi connectivity index (χ1) is 12.5. The Morgan fingerprint density at radius 3 is 2.27 bits per heavy atom. The van der Waals surface area contributed by atoms with Crippen LogP contribution in [0.1, 0.15) is 14.8 Å². The van der Waals surface area contributed by atoms with Crippen molar-refractivity contribution in [2.24, 2.45) is 0 Å². The summed E-state index contributed by atoms with van der Waals surface area (Å²) in [6, 6.07) is 7.73. The van der Waals surface area contributed by atoms with Gasteiger partial charge in [-0.3, -0.25) is 4.90 Å². The maximum Gasteiger partial charge on any atom is 0.407 e. The minimum absolute atomic E-state index is 0. The van der Waals surface area contributed by atoms with Crippen LogP contribution in [0.25, 0.3) is 0 Å². The summed E-state index contributed by atoms with van der Waals surface area (Å²) in [5.74, 6) is 0.830. The van der Waals surface area contributed by atoms with Crippen molar-refractivity contribution in [3.63, 3.8) is 0 Å². The monoisotopic (exact) mass is 369 g/mol. The quantitative estimate of drug-likeness (QED) is 0.796. The lowest BCUT2D eigenvalue weighted by Gasteiger charge is -2.37. The molecule has 8 nitrogen and oxygen atoms in total. The molecule has 148 valence electrons. The van der Waals surface area contributed by atoms with Crippen LogP contribution in [-0.2, 0) is 15.9 Å². The van der Waals surface area contributed by atoms with Crippen molar-refractivity contribution in [3.8, 4) is 5.75 Å². The highest BCUT2D eigenvalue weighted by Gasteiger charge is 2.29. The highest BCUT2D eigenvalue weighted by atomic mass is 16.5. The molecule has 0 unspecified atom stereocenters. The lowest BCUT2D eigenvalue weighted by Crippen LogP contribution is -2.57. The number of nitrogens with one attached hydrogen (secondary N) is 2. The average Bonchev–Trinajstić information content (AvgIpc) is 2.66. The fourth-order valence-electron chi connectivity index (χ4n) is 3.15. The van der Waals surface area contributed by atoms with E-state index >= 15 is 0 Å². The average molecular weight is 369 g/mol. The first-order valence-electron chi connectivity index (χ1n) is 8.58. The number of carbonyl (C=O) groups is 2. The van der Waals surface area contributed by atoms with Gasteiger partial charge in [0.05, 0.1) is 21.3 Å². The molecule has 1 aromatic rings. The molecule has 26 heavy (non-hydrogen) atoms. The fourth-order valence-corrected chi connectivity index (χ4v) is 3.15. The standard InChI is InChI=1S/C18H27N3O5.2H2/c1-24-16-6-4-5-13(9-16)7-8-21-11-14(19-17(22)25-2)10-15(12-21)20-18(23)26-3;;/h4-6,9,14-15H,7-8,10-12H2,1-3H3,(H,19,22)(H,20,23);2*1H/t14-,15+;;. The Labute approximate surface area is 156 Å². The molecule has 1 saturated heterocycles. The van der Waals surface area contributed by atoms with Crippen LogP contribution in [0.3, 0.4) is 0 Å². The minimum Gasteiger partial charge on any atom is -0.497 e. The van der Waals surface area contributed by atoms with E-state index in [2.05, 4.69) is 31.1 Å². The fraction of sp³-hybridized carbons (Fsp3) is 0.556. The van der Waals surface area contributed by atoms with Crippen LogP contribution in [-0.4, -0.2) is 70.1 Å². The summed E-state index contributed by atoms with van der Waals surface area (Å²) < 4.78 is 14.6. The van der Waals surface area contributed by atoms with Crippen molar-refractivity contribution in [1.82, 2.24) is 15.5 Å². The highest BCUT2D eigenvalue weighted by molar-refractivity contribution is 5.68. The van der Waals surface area contributed by atoms with Gasteiger partial charge in [0.25, 0.3) is 0 Å². The van der Waals surface area contributed by atoms with Gasteiger partial charge in [-0.25, -0.2) is 9.59 Å². The van der Waals surface area contributed by atoms with Gasteiger partial charge in [0.2, 0.25) is 0 Å². The van der Waals surface area contributed by atoms with Crippen molar-refractivity contribution >= 4 is 12.2 Å². The lowest BCUT2D eigenvalue weighted by molar-refractivity contribution is 0.126. The van der Waals surface area contributed by atoms with Gasteiger partial charge in [-0.2, -0.15) is 0 Å². The number of nitrogens with zero attached hydrogens (tertiary/aromatic N) is 1. The molecule has 2 amide bonds. The van der Waals surface area contributed by atoms with Crippen molar-refractivity contribution in [1.29, 1.82) is 0 Å². The number of carbonyl (C=O) groups excluding carboxylic acids is 2. The molecule has 2 N–H and O–H groups in total. The van der Waals surface area contributed by atoms with Gasteiger partial charge < -0.3 is 24.8 Å². The van der Waals surface area contributed by atoms with E-state index in [-0.39, 0.29) is 14.9 Å². The van der Waals surface area contributed by atoms with Gasteiger partial charge in [0, 0.05) is 34.6 Å². The Morgan fingerprint density at radius 1 is 1.12 bits per heavy atom. The molecule has 0 aliphatic carbocycles. The van der Waals surface area contributed by atoms with Crippen molar-refractivity contribution in [2.45, 2.75) is 24.9 Å². The summed E-state index contributed by atoms with van der Waals surface area (Å²) in [6.07, 6.45) is 0.523. The second-order valence-electron chi connectivity index (χ2n) is 6.26. The second-order valence-corrected chi connectivity index (χ2v) is 6.26. The number of methoxy groups -OCH3 is 3. The molecular weight excluding hydrogens is 338 g/mol. The molecule has 1 fully saturated rings. The minimum atomic E-state index is -0.471. The van der Waals surface area contributed by atoms with Crippen LogP contribution in [0.15, 0.2) is 24.3 Å². The molecular formula is C18H31N3O5. The predicted octanol–water partition coefficient (Wildman–Crippen LogP) is 1.88. The zero-order chi connectivity index (χ0) is 18.9. The summed E-state index contributed by atoms with van der Waals surface area (Å²) in [5, 5.41) is 5.64. The van der Waals surface area contributed by atoms with Gasteiger partial charge in [0.1, 0.15) is 5.75 Å². The third kappa shape index (κ3) is 6.11. The van der Waals surface area contributed by atoms with E-state index in [0.29, 0.717) is 19.5 Å². The maximum absolute atomic E-state index is 11.5. The Kier molecular flexibility index (Phi) is 7.53. The van der Waals surface area contributed by atoms with Crippen molar-refractivity contribution in [2.75, 3.05) is 41.0 Å². The summed E-state index contributed by atoms with van der Waals surface area (Å²) in [5.41, 5.74) is 1.17. The normalized spacial score (nSPS) is 20.1. The number of rotatable bonds is 6. The molecule has 0 aromatic heterocycles. The molecule has 1 aromatic carbocycles. The van der Waals surface area contributed by atoms with Gasteiger partial charge >= 0.3 is 12.2 Å². The van der Waals surface area contributed by atoms with Crippen LogP contribution < -0.4 is 15.4 Å². The lowest BCUT2D eigenvalue weighted by atomic mass is 10.00. The molecule has 2 atom stereocenters. The first-order valence-corrected chi connectivity index (χ1v) is 8.58. The van der Waals surface area contributed by atoms with E-state index < -0.39 is 12.2 Å². The number of piperidine rings is 1. The number of hydrogen-bond acceptors (Lipinski definition) is 6. The van der Waals surface area contributed by atoms with Gasteiger partial charge in [-0.15, -0.1) is 0 Å². The van der Waals surface area contributed by atoms with E-state index in [1.807, 2.05) is 18.2 Å². The number of alkyl carbamates (subject to hydrolysis) is 2. The smallest absolute Gasteiger partial charge is 0.407 e. The van der Waals surface area contributed by atoms with E-state index in [1.165, 1.54) is 19.8 Å². The molecule has 0 saturated carbocycles. The number of likely N-dealkylation sites (tertiary alicyclic amines) is 1. The maximum atomic E-state index is 11.5. The summed E-state index contributed by atoms with van der Waals surface area (Å²) >= 11 is 0. The van der Waals surface area contributed by atoms with Gasteiger partial charge in [-0.05, 0) is 30.5 Å². The summed E-state index contributed by atoms with van der Waals surface area (Å²) in [7, 11) is 4.32. The Hall–Kier alpha value is -2.48. The van der Waals surface area contributed by atoms with Crippen molar-refractivity contribution in [3.05, 3.63) is 29.8 Å². The number of ether oxygens (including phenoxy) is 3. The topological polar surface area (TPSA) is 89.1 Å². The summed E-state index contributed by atoms with van der Waals surface area (Å²) in [4.78, 5) is 25.3. The Morgan fingerprint density at radius 2 is 1.73 bits per heavy atom. The van der Waals surface area contributed by atoms with Crippen LogP contribution in [0.2, 0.25) is 0 Å². The highest BCUT2D eigenvalue weighted by Crippen LogP contribution is 2.16. The number of amides is 2. The molecule has 1 aliphatic rings. The van der Waals surface area contributed by atoms with Crippen LogP contribution in [0.4, 0.5) is 9.59 Å². The predicted molar refractivity (Wildman–Crippen MR) is 101 cm³/mol. The third-order valence-corrected chi connectivity index (χ3v) is 4.39. The van der Waals surface area contributed by atoms with E-state index in [4.69, 9.17) is 4.74 Å². The molecule has 0 bridgehead atoms. The molecule has 0 spiro atoms. The largest absolute Gasteiger partial charge is 0.497 e. The second kappa shape index (κ2) is 9.86. The molecule has 2 rings (SSSR count). The number of hydrogen-bond donors (Lipinski definition) is 2. The van der Waals surface area contributed by atoms with Crippen LogP contribution >= 0.6 is 0 Å². The molecule has 0 radical (unpaired) electrons. The summed E-state index contributed by atoms with van der Waals surface area (Å²) in [6.45, 7) is 2.18. The van der Waals surface area contributed by atoms with Crippen LogP contribution in [0, 0.1) is 0 Å². The first kappa shape index (κ1) is 19.8. The van der Waals surface area contributed by atoms with Gasteiger partial charge in [-0.1, -0.05) is 12.1 Å². The third-order valence-electron chi connectivity index (χ3n) is 4.39.